The molecule has 32 heavy (non-hydrogen) atoms. The van der Waals surface area contributed by atoms with Crippen molar-refractivity contribution < 1.29 is 17.9 Å². The zero-order chi connectivity index (χ0) is 23.3. The minimum absolute atomic E-state index is 0.0824. The van der Waals surface area contributed by atoms with Crippen molar-refractivity contribution in [3.05, 3.63) is 88.9 Å². The number of sulfonamides is 1. The lowest BCUT2D eigenvalue weighted by Gasteiger charge is -2.25. The second-order valence-electron chi connectivity index (χ2n) is 7.34. The van der Waals surface area contributed by atoms with E-state index in [4.69, 9.17) is 16.3 Å². The molecule has 0 radical (unpaired) electrons. The lowest BCUT2D eigenvalue weighted by molar-refractivity contribution is -0.120. The summed E-state index contributed by atoms with van der Waals surface area (Å²) in [5.74, 6) is -0.0331. The average Bonchev–Trinajstić information content (AvgIpc) is 2.78. The van der Waals surface area contributed by atoms with Gasteiger partial charge in [0.1, 0.15) is 12.3 Å². The van der Waals surface area contributed by atoms with Crippen LogP contribution in [0.3, 0.4) is 0 Å². The number of hydrogen-bond acceptors (Lipinski definition) is 4. The van der Waals surface area contributed by atoms with Gasteiger partial charge in [-0.15, -0.1) is 0 Å². The van der Waals surface area contributed by atoms with Gasteiger partial charge in [-0.1, -0.05) is 59.6 Å². The molecule has 168 valence electrons. The van der Waals surface area contributed by atoms with Gasteiger partial charge in [0, 0.05) is 0 Å². The normalized spacial score (nSPS) is 12.1. The number of halogens is 1. The monoisotopic (exact) mass is 472 g/mol. The Morgan fingerprint density at radius 3 is 2.31 bits per heavy atom. The van der Waals surface area contributed by atoms with Crippen molar-refractivity contribution in [2.75, 3.05) is 18.0 Å². The molecule has 0 fully saturated rings. The van der Waals surface area contributed by atoms with Gasteiger partial charge < -0.3 is 10.1 Å². The van der Waals surface area contributed by atoms with Crippen molar-refractivity contribution in [2.45, 2.75) is 24.8 Å². The van der Waals surface area contributed by atoms with E-state index in [9.17, 15) is 13.2 Å². The average molecular weight is 473 g/mol. The first-order valence-electron chi connectivity index (χ1n) is 9.99. The lowest BCUT2D eigenvalue weighted by Crippen LogP contribution is -2.41. The molecule has 0 aliphatic carbocycles. The lowest BCUT2D eigenvalue weighted by atomic mass is 10.1. The molecule has 8 heteroatoms. The number of benzene rings is 3. The molecule has 3 aromatic carbocycles. The van der Waals surface area contributed by atoms with Crippen molar-refractivity contribution in [3.8, 4) is 5.75 Å². The number of carbonyl (C=O) groups excluding carboxylic acids is 1. The van der Waals surface area contributed by atoms with Gasteiger partial charge in [0.2, 0.25) is 5.91 Å². The largest absolute Gasteiger partial charge is 0.495 e. The fourth-order valence-electron chi connectivity index (χ4n) is 3.21. The van der Waals surface area contributed by atoms with Crippen LogP contribution in [0.1, 0.15) is 24.1 Å². The number of hydrogen-bond donors (Lipinski definition) is 1. The Labute approximate surface area is 193 Å². The van der Waals surface area contributed by atoms with Crippen LogP contribution >= 0.6 is 11.6 Å². The molecule has 0 aliphatic heterocycles. The smallest absolute Gasteiger partial charge is 0.264 e. The highest BCUT2D eigenvalue weighted by molar-refractivity contribution is 7.92. The number of amides is 1. The molecule has 3 rings (SSSR count). The molecule has 1 N–H and O–H groups in total. The minimum atomic E-state index is -4.03. The molecule has 0 bridgehead atoms. The van der Waals surface area contributed by atoms with E-state index < -0.39 is 22.5 Å². The van der Waals surface area contributed by atoms with Crippen molar-refractivity contribution in [1.29, 1.82) is 0 Å². The summed E-state index contributed by atoms with van der Waals surface area (Å²) in [4.78, 5) is 13.0. The third-order valence-corrected chi connectivity index (χ3v) is 7.08. The van der Waals surface area contributed by atoms with Gasteiger partial charge in [0.25, 0.3) is 10.0 Å². The number of anilines is 1. The summed E-state index contributed by atoms with van der Waals surface area (Å²) in [5.41, 5.74) is 2.11. The van der Waals surface area contributed by atoms with Gasteiger partial charge in [0.15, 0.2) is 0 Å². The Morgan fingerprint density at radius 1 is 1.06 bits per heavy atom. The Morgan fingerprint density at radius 2 is 1.72 bits per heavy atom. The van der Waals surface area contributed by atoms with E-state index in [1.165, 1.54) is 25.3 Å². The molecule has 1 amide bonds. The van der Waals surface area contributed by atoms with Crippen LogP contribution in [-0.4, -0.2) is 28.0 Å². The van der Waals surface area contributed by atoms with Gasteiger partial charge in [-0.3, -0.25) is 9.10 Å². The number of methoxy groups -OCH3 is 1. The summed E-state index contributed by atoms with van der Waals surface area (Å²) in [7, 11) is -2.56. The third-order valence-electron chi connectivity index (χ3n) is 5.00. The topological polar surface area (TPSA) is 75.7 Å². The summed E-state index contributed by atoms with van der Waals surface area (Å²) in [6, 6.07) is 20.2. The van der Waals surface area contributed by atoms with E-state index in [1.54, 1.807) is 24.3 Å². The van der Waals surface area contributed by atoms with Gasteiger partial charge in [0.05, 0.1) is 28.8 Å². The van der Waals surface area contributed by atoms with E-state index in [0.717, 1.165) is 15.4 Å². The number of nitrogens with one attached hydrogen (secondary N) is 1. The van der Waals surface area contributed by atoms with Crippen LogP contribution in [0.15, 0.2) is 77.7 Å². The molecular formula is C24H25ClN2O4S. The van der Waals surface area contributed by atoms with Crippen LogP contribution in [0.25, 0.3) is 0 Å². The van der Waals surface area contributed by atoms with Crippen LogP contribution in [-0.2, 0) is 14.8 Å². The molecule has 0 saturated carbocycles. The summed E-state index contributed by atoms with van der Waals surface area (Å²) in [6.45, 7) is 3.31. The molecule has 1 unspecified atom stereocenters. The zero-order valence-electron chi connectivity index (χ0n) is 18.1. The maximum absolute atomic E-state index is 13.5. The molecule has 3 aromatic rings. The van der Waals surface area contributed by atoms with E-state index in [-0.39, 0.29) is 21.6 Å². The van der Waals surface area contributed by atoms with Gasteiger partial charge >= 0.3 is 0 Å². The number of nitrogens with zero attached hydrogens (tertiary/aromatic N) is 1. The van der Waals surface area contributed by atoms with Crippen molar-refractivity contribution in [3.63, 3.8) is 0 Å². The Kier molecular flexibility index (Phi) is 7.43. The predicted molar refractivity (Wildman–Crippen MR) is 127 cm³/mol. The van der Waals surface area contributed by atoms with Crippen LogP contribution in [0, 0.1) is 6.92 Å². The fraction of sp³-hybridized carbons (Fsp3) is 0.208. The van der Waals surface area contributed by atoms with Crippen LogP contribution in [0.5, 0.6) is 5.75 Å². The first-order chi connectivity index (χ1) is 15.2. The number of carbonyl (C=O) groups is 1. The Hall–Kier alpha value is -3.03. The maximum atomic E-state index is 13.5. The second kappa shape index (κ2) is 10.1. The van der Waals surface area contributed by atoms with Gasteiger partial charge in [-0.05, 0) is 49.7 Å². The highest BCUT2D eigenvalue weighted by Gasteiger charge is 2.28. The molecule has 0 saturated heterocycles. The molecule has 1 atom stereocenters. The minimum Gasteiger partial charge on any atom is -0.495 e. The predicted octanol–water partition coefficient (Wildman–Crippen LogP) is 4.73. The summed E-state index contributed by atoms with van der Waals surface area (Å²) >= 11 is 6.24. The van der Waals surface area contributed by atoms with E-state index >= 15 is 0 Å². The van der Waals surface area contributed by atoms with Crippen LogP contribution in [0.2, 0.25) is 5.02 Å². The van der Waals surface area contributed by atoms with E-state index in [0.29, 0.717) is 5.75 Å². The standard InChI is InChI=1S/C24H25ClN2O4S/c1-17-9-12-21(13-10-17)32(29,30)27(20-11-14-23(31-3)22(25)15-20)16-24(28)26-18(2)19-7-5-4-6-8-19/h4-15,18H,16H2,1-3H3,(H,26,28). The first kappa shape index (κ1) is 23.6. The maximum Gasteiger partial charge on any atom is 0.264 e. The van der Waals surface area contributed by atoms with Crippen molar-refractivity contribution >= 4 is 33.2 Å². The van der Waals surface area contributed by atoms with Gasteiger partial charge in [-0.2, -0.15) is 0 Å². The van der Waals surface area contributed by atoms with Crippen molar-refractivity contribution in [2.24, 2.45) is 0 Å². The molecule has 0 spiro atoms. The van der Waals surface area contributed by atoms with Gasteiger partial charge in [-0.25, -0.2) is 8.42 Å². The Bertz CT molecular complexity index is 1180. The summed E-state index contributed by atoms with van der Waals surface area (Å²) < 4.78 is 33.2. The SMILES string of the molecule is COc1ccc(N(CC(=O)NC(C)c2ccccc2)S(=O)(=O)c2ccc(C)cc2)cc1Cl. The van der Waals surface area contributed by atoms with E-state index in [2.05, 4.69) is 5.32 Å². The van der Waals surface area contributed by atoms with E-state index in [1.807, 2.05) is 44.2 Å². The van der Waals surface area contributed by atoms with Crippen LogP contribution < -0.4 is 14.4 Å². The molecule has 0 heterocycles. The highest BCUT2D eigenvalue weighted by atomic mass is 35.5. The quantitative estimate of drug-likeness (QED) is 0.514. The Balaban J connectivity index is 1.94. The molecular weight excluding hydrogens is 448 g/mol. The number of aryl methyl sites for hydroxylation is 1. The van der Waals surface area contributed by atoms with Crippen LogP contribution in [0.4, 0.5) is 5.69 Å². The number of ether oxygens (including phenoxy) is 1. The highest BCUT2D eigenvalue weighted by Crippen LogP contribution is 2.32. The first-order valence-corrected chi connectivity index (χ1v) is 11.8. The summed E-state index contributed by atoms with van der Waals surface area (Å²) in [6.07, 6.45) is 0. The molecule has 6 nitrogen and oxygen atoms in total. The second-order valence-corrected chi connectivity index (χ2v) is 9.61. The third kappa shape index (κ3) is 5.41. The molecule has 0 aliphatic rings. The molecule has 0 aromatic heterocycles. The zero-order valence-corrected chi connectivity index (χ0v) is 19.7. The fourth-order valence-corrected chi connectivity index (χ4v) is 4.87. The number of rotatable bonds is 8. The summed E-state index contributed by atoms with van der Waals surface area (Å²) in [5, 5.41) is 3.11. The van der Waals surface area contributed by atoms with Crippen molar-refractivity contribution in [1.82, 2.24) is 5.32 Å².